The van der Waals surface area contributed by atoms with Crippen LogP contribution in [0.5, 0.6) is 5.75 Å². The van der Waals surface area contributed by atoms with Crippen molar-refractivity contribution in [1.29, 1.82) is 0 Å². The minimum Gasteiger partial charge on any atom is -0.497 e. The van der Waals surface area contributed by atoms with Crippen molar-refractivity contribution in [1.82, 2.24) is 24.9 Å². The molecule has 1 saturated carbocycles. The molecule has 0 saturated heterocycles. The molecule has 0 aliphatic heterocycles. The molecule has 1 aromatic carbocycles. The summed E-state index contributed by atoms with van der Waals surface area (Å²) in [5.41, 5.74) is 2.45. The lowest BCUT2D eigenvalue weighted by atomic mass is 9.86. The summed E-state index contributed by atoms with van der Waals surface area (Å²) >= 11 is 0. The number of hydrogen-bond donors (Lipinski definition) is 1. The Kier molecular flexibility index (Phi) is 5.94. The number of aromatic nitrogens is 4. The number of hydrogen-bond acceptors (Lipinski definition) is 6. The smallest absolute Gasteiger partial charge is 0.223 e. The van der Waals surface area contributed by atoms with E-state index < -0.39 is 0 Å². The minimum atomic E-state index is -0.287. The van der Waals surface area contributed by atoms with Gasteiger partial charge in [0.25, 0.3) is 0 Å². The first-order valence-electron chi connectivity index (χ1n) is 10.3. The fourth-order valence-electron chi connectivity index (χ4n) is 3.91. The molecule has 1 aliphatic carbocycles. The Bertz CT molecular complexity index is 1020. The van der Waals surface area contributed by atoms with Crippen LogP contribution in [-0.4, -0.2) is 45.8 Å². The Labute approximate surface area is 175 Å². The van der Waals surface area contributed by atoms with Gasteiger partial charge in [-0.3, -0.25) is 4.79 Å². The zero-order valence-corrected chi connectivity index (χ0v) is 17.5. The average molecular weight is 409 g/mol. The number of carbonyl (C=O) groups excluding carboxylic acids is 1. The van der Waals surface area contributed by atoms with E-state index in [9.17, 15) is 4.79 Å². The maximum atomic E-state index is 12.7. The van der Waals surface area contributed by atoms with Gasteiger partial charge in [-0.2, -0.15) is 0 Å². The third kappa shape index (κ3) is 4.28. The second-order valence-electron chi connectivity index (χ2n) is 7.73. The third-order valence-electron chi connectivity index (χ3n) is 5.71. The van der Waals surface area contributed by atoms with Crippen molar-refractivity contribution in [3.8, 4) is 17.0 Å². The minimum absolute atomic E-state index is 0.0217. The largest absolute Gasteiger partial charge is 0.497 e. The van der Waals surface area contributed by atoms with Gasteiger partial charge in [0, 0.05) is 24.7 Å². The molecule has 2 heterocycles. The Morgan fingerprint density at radius 1 is 1.23 bits per heavy atom. The molecule has 3 atom stereocenters. The van der Waals surface area contributed by atoms with Crippen LogP contribution in [0.1, 0.15) is 44.5 Å². The molecule has 2 unspecified atom stereocenters. The molecule has 30 heavy (non-hydrogen) atoms. The molecule has 0 bridgehead atoms. The fourth-order valence-corrected chi connectivity index (χ4v) is 3.91. The molecule has 1 aliphatic rings. The van der Waals surface area contributed by atoms with E-state index in [0.717, 1.165) is 42.7 Å². The number of methoxy groups -OCH3 is 2. The highest BCUT2D eigenvalue weighted by Crippen LogP contribution is 2.27. The first-order valence-corrected chi connectivity index (χ1v) is 10.3. The van der Waals surface area contributed by atoms with Crippen LogP contribution in [0.2, 0.25) is 0 Å². The number of ether oxygens (including phenoxy) is 2. The van der Waals surface area contributed by atoms with Crippen molar-refractivity contribution >= 4 is 11.6 Å². The zero-order valence-electron chi connectivity index (χ0n) is 17.5. The number of rotatable bonds is 6. The summed E-state index contributed by atoms with van der Waals surface area (Å²) in [5, 5.41) is 7.55. The van der Waals surface area contributed by atoms with Crippen molar-refractivity contribution < 1.29 is 14.3 Å². The van der Waals surface area contributed by atoms with Crippen molar-refractivity contribution in [3.63, 3.8) is 0 Å². The summed E-state index contributed by atoms with van der Waals surface area (Å²) in [7, 11) is 3.35. The predicted molar refractivity (Wildman–Crippen MR) is 112 cm³/mol. The summed E-state index contributed by atoms with van der Waals surface area (Å²) in [6, 6.07) is 9.30. The lowest BCUT2D eigenvalue weighted by molar-refractivity contribution is -0.128. The van der Waals surface area contributed by atoms with Crippen LogP contribution in [0.4, 0.5) is 0 Å². The Balaban J connectivity index is 1.48. The molecule has 2 aromatic heterocycles. The van der Waals surface area contributed by atoms with Gasteiger partial charge in [-0.25, -0.2) is 14.5 Å². The standard InChI is InChI=1S/C22H27N5O3/c1-14(24-22(28)16-5-4-6-18(11-16)30-3)21-25-20-12-19(23-13-27(20)26-21)15-7-9-17(29-2)10-8-15/h7-10,12-14,16,18H,4-6,11H2,1-3H3,(H,24,28)/t14-,16?,18?/m1/s1. The lowest BCUT2D eigenvalue weighted by Gasteiger charge is -2.28. The van der Waals surface area contributed by atoms with Gasteiger partial charge in [0.05, 0.1) is 24.9 Å². The Hall–Kier alpha value is -3.00. The van der Waals surface area contributed by atoms with E-state index in [4.69, 9.17) is 9.47 Å². The fraction of sp³-hybridized carbons (Fsp3) is 0.455. The third-order valence-corrected chi connectivity index (χ3v) is 5.71. The number of nitrogens with one attached hydrogen (secondary N) is 1. The molecule has 3 aromatic rings. The van der Waals surface area contributed by atoms with Gasteiger partial charge in [0.1, 0.15) is 12.1 Å². The zero-order chi connectivity index (χ0) is 21.1. The normalized spacial score (nSPS) is 20.1. The van der Waals surface area contributed by atoms with Crippen LogP contribution in [0.25, 0.3) is 16.9 Å². The highest BCUT2D eigenvalue weighted by Gasteiger charge is 2.28. The predicted octanol–water partition coefficient (Wildman–Crippen LogP) is 3.18. The van der Waals surface area contributed by atoms with Crippen molar-refractivity contribution in [2.75, 3.05) is 14.2 Å². The summed E-state index contributed by atoms with van der Waals surface area (Å²) in [6.45, 7) is 1.90. The van der Waals surface area contributed by atoms with Gasteiger partial charge in [-0.05, 0) is 50.5 Å². The van der Waals surface area contributed by atoms with Crippen LogP contribution in [0, 0.1) is 5.92 Å². The number of nitrogens with zero attached hydrogens (tertiary/aromatic N) is 4. The SMILES string of the molecule is COc1ccc(-c2cc3nc([C@@H](C)NC(=O)C4CCCC(OC)C4)nn3cn2)cc1. The summed E-state index contributed by atoms with van der Waals surface area (Å²) < 4.78 is 12.3. The van der Waals surface area contributed by atoms with Gasteiger partial charge in [-0.15, -0.1) is 5.10 Å². The summed E-state index contributed by atoms with van der Waals surface area (Å²) in [5.74, 6) is 1.38. The second kappa shape index (κ2) is 8.79. The summed E-state index contributed by atoms with van der Waals surface area (Å²) in [6.07, 6.45) is 5.50. The van der Waals surface area contributed by atoms with Crippen LogP contribution < -0.4 is 10.1 Å². The van der Waals surface area contributed by atoms with E-state index in [1.165, 1.54) is 0 Å². The van der Waals surface area contributed by atoms with Gasteiger partial charge < -0.3 is 14.8 Å². The lowest BCUT2D eigenvalue weighted by Crippen LogP contribution is -2.37. The molecule has 8 heteroatoms. The van der Waals surface area contributed by atoms with Gasteiger partial charge in [0.15, 0.2) is 11.5 Å². The van der Waals surface area contributed by atoms with E-state index >= 15 is 0 Å². The molecule has 1 N–H and O–H groups in total. The van der Waals surface area contributed by atoms with E-state index in [1.807, 2.05) is 37.3 Å². The molecular weight excluding hydrogens is 382 g/mol. The quantitative estimate of drug-likeness (QED) is 0.672. The second-order valence-corrected chi connectivity index (χ2v) is 7.73. The van der Waals surface area contributed by atoms with Crippen molar-refractivity contribution in [2.24, 2.45) is 5.92 Å². The maximum Gasteiger partial charge on any atom is 0.223 e. The highest BCUT2D eigenvalue weighted by molar-refractivity contribution is 5.79. The van der Waals surface area contributed by atoms with Gasteiger partial charge >= 0.3 is 0 Å². The van der Waals surface area contributed by atoms with Gasteiger partial charge in [0.2, 0.25) is 5.91 Å². The molecular formula is C22H27N5O3. The van der Waals surface area contributed by atoms with Crippen LogP contribution >= 0.6 is 0 Å². The number of fused-ring (bicyclic) bond motifs is 1. The average Bonchev–Trinajstić information content (AvgIpc) is 3.23. The van der Waals surface area contributed by atoms with Crippen LogP contribution in [-0.2, 0) is 9.53 Å². The molecule has 8 nitrogen and oxygen atoms in total. The van der Waals surface area contributed by atoms with Crippen molar-refractivity contribution in [2.45, 2.75) is 44.8 Å². The molecule has 158 valence electrons. The Morgan fingerprint density at radius 2 is 2.03 bits per heavy atom. The molecule has 0 radical (unpaired) electrons. The number of amides is 1. The topological polar surface area (TPSA) is 90.6 Å². The molecule has 1 amide bonds. The monoisotopic (exact) mass is 409 g/mol. The van der Waals surface area contributed by atoms with Crippen LogP contribution in [0.15, 0.2) is 36.7 Å². The van der Waals surface area contributed by atoms with E-state index in [2.05, 4.69) is 20.4 Å². The van der Waals surface area contributed by atoms with Gasteiger partial charge in [-0.1, -0.05) is 6.42 Å². The Morgan fingerprint density at radius 3 is 2.77 bits per heavy atom. The molecule has 1 fully saturated rings. The molecule has 4 rings (SSSR count). The molecule has 0 spiro atoms. The number of carbonyl (C=O) groups is 1. The number of benzene rings is 1. The van der Waals surface area contributed by atoms with E-state index in [0.29, 0.717) is 11.5 Å². The first kappa shape index (κ1) is 20.3. The first-order chi connectivity index (χ1) is 14.6. The van der Waals surface area contributed by atoms with E-state index in [1.54, 1.807) is 25.1 Å². The van der Waals surface area contributed by atoms with Crippen LogP contribution in [0.3, 0.4) is 0 Å². The van der Waals surface area contributed by atoms with Crippen molar-refractivity contribution in [3.05, 3.63) is 42.5 Å². The highest BCUT2D eigenvalue weighted by atomic mass is 16.5. The maximum absolute atomic E-state index is 12.7. The van der Waals surface area contributed by atoms with E-state index in [-0.39, 0.29) is 24.0 Å². The summed E-state index contributed by atoms with van der Waals surface area (Å²) in [4.78, 5) is 21.8.